The van der Waals surface area contributed by atoms with Gasteiger partial charge in [0.1, 0.15) is 17.2 Å². The first kappa shape index (κ1) is 24.1. The summed E-state index contributed by atoms with van der Waals surface area (Å²) in [7, 11) is 0. The molecule has 0 fully saturated rings. The summed E-state index contributed by atoms with van der Waals surface area (Å²) in [6, 6.07) is 13.8. The number of nitriles is 1. The number of nitrogens with one attached hydrogen (secondary N) is 4. The number of nitrogens with zero attached hydrogens (tertiary/aromatic N) is 4. The first-order valence-electron chi connectivity index (χ1n) is 11.7. The molecular weight excluding hydrogens is 440 g/mol. The number of carbonyl (C=O) groups excluding carboxylic acids is 1. The van der Waals surface area contributed by atoms with Crippen LogP contribution in [0.2, 0.25) is 0 Å². The van der Waals surface area contributed by atoms with Crippen LogP contribution in [0.5, 0.6) is 0 Å². The summed E-state index contributed by atoms with van der Waals surface area (Å²) in [4.78, 5) is 26.4. The van der Waals surface area contributed by atoms with Crippen molar-refractivity contribution in [2.75, 3.05) is 17.2 Å². The number of hydrogen-bond acceptors (Lipinski definition) is 8. The van der Waals surface area contributed by atoms with Crippen molar-refractivity contribution in [2.45, 2.75) is 52.1 Å². The van der Waals surface area contributed by atoms with Gasteiger partial charge in [-0.2, -0.15) is 10.2 Å². The van der Waals surface area contributed by atoms with Gasteiger partial charge in [-0.25, -0.2) is 9.97 Å². The Morgan fingerprint density at radius 1 is 1.14 bits per heavy atom. The minimum absolute atomic E-state index is 0.0462. The van der Waals surface area contributed by atoms with Crippen molar-refractivity contribution in [3.05, 3.63) is 65.0 Å². The number of rotatable bonds is 7. The third-order valence-electron chi connectivity index (χ3n) is 5.72. The number of pyridine rings is 1. The van der Waals surface area contributed by atoms with Crippen molar-refractivity contribution in [3.8, 4) is 6.07 Å². The quantitative estimate of drug-likeness (QED) is 0.409. The lowest BCUT2D eigenvalue weighted by atomic mass is 9.91. The van der Waals surface area contributed by atoms with E-state index in [1.807, 2.05) is 26.0 Å². The lowest BCUT2D eigenvalue weighted by molar-refractivity contribution is 0.0943. The number of anilines is 4. The van der Waals surface area contributed by atoms with Crippen LogP contribution in [0.3, 0.4) is 0 Å². The van der Waals surface area contributed by atoms with Crippen LogP contribution in [0.25, 0.3) is 0 Å². The Morgan fingerprint density at radius 3 is 2.74 bits per heavy atom. The molecule has 9 nitrogen and oxygen atoms in total. The summed E-state index contributed by atoms with van der Waals surface area (Å²) < 4.78 is 0. The molecule has 1 amide bonds. The van der Waals surface area contributed by atoms with Crippen LogP contribution in [0.15, 0.2) is 42.6 Å². The van der Waals surface area contributed by atoms with Crippen molar-refractivity contribution in [1.29, 1.82) is 5.26 Å². The van der Waals surface area contributed by atoms with Crippen LogP contribution in [0.1, 0.15) is 54.9 Å². The van der Waals surface area contributed by atoms with E-state index >= 15 is 0 Å². The number of amides is 1. The van der Waals surface area contributed by atoms with E-state index < -0.39 is 5.41 Å². The Hall–Kier alpha value is -4.03. The van der Waals surface area contributed by atoms with Crippen LogP contribution >= 0.6 is 0 Å². The number of hydrogen-bond donors (Lipinski definition) is 4. The van der Waals surface area contributed by atoms with Gasteiger partial charge in [-0.05, 0) is 76.1 Å². The Bertz CT molecular complexity index is 1280. The largest absolute Gasteiger partial charge is 0.350 e. The van der Waals surface area contributed by atoms with Gasteiger partial charge in [0, 0.05) is 24.5 Å². The van der Waals surface area contributed by atoms with Gasteiger partial charge in [-0.15, -0.1) is 0 Å². The molecule has 1 aliphatic rings. The monoisotopic (exact) mass is 470 g/mol. The highest BCUT2D eigenvalue weighted by Gasteiger charge is 2.22. The SMILES string of the molecule is CC(C)NC(=O)c1cnc(Nc2ccc3c(c2)CNCC3)nc1Nc1cccc(C(C)(C)C#N)n1. The smallest absolute Gasteiger partial charge is 0.256 e. The third kappa shape index (κ3) is 5.73. The maximum Gasteiger partial charge on any atom is 0.256 e. The Kier molecular flexibility index (Phi) is 6.94. The lowest BCUT2D eigenvalue weighted by Gasteiger charge is -2.19. The second-order valence-electron chi connectivity index (χ2n) is 9.39. The van der Waals surface area contributed by atoms with Gasteiger partial charge >= 0.3 is 0 Å². The zero-order valence-corrected chi connectivity index (χ0v) is 20.4. The molecule has 3 aromatic rings. The zero-order chi connectivity index (χ0) is 25.0. The third-order valence-corrected chi connectivity index (χ3v) is 5.72. The second kappa shape index (κ2) is 10.1. The van der Waals surface area contributed by atoms with Crippen molar-refractivity contribution in [3.63, 3.8) is 0 Å². The van der Waals surface area contributed by atoms with Crippen molar-refractivity contribution < 1.29 is 4.79 Å². The average Bonchev–Trinajstić information content (AvgIpc) is 2.84. The number of fused-ring (bicyclic) bond motifs is 1. The molecular formula is C26H30N8O. The van der Waals surface area contributed by atoms with Gasteiger partial charge in [-0.1, -0.05) is 12.1 Å². The van der Waals surface area contributed by atoms with Crippen LogP contribution in [0.4, 0.5) is 23.3 Å². The molecule has 2 aromatic heterocycles. The van der Waals surface area contributed by atoms with Gasteiger partial charge in [0.15, 0.2) is 0 Å². The number of carbonyl (C=O) groups is 1. The molecule has 0 aliphatic carbocycles. The van der Waals surface area contributed by atoms with Crippen molar-refractivity contribution in [2.24, 2.45) is 0 Å². The summed E-state index contributed by atoms with van der Waals surface area (Å²) in [5.74, 6) is 0.863. The molecule has 0 saturated carbocycles. The van der Waals surface area contributed by atoms with E-state index in [9.17, 15) is 10.1 Å². The van der Waals surface area contributed by atoms with Gasteiger partial charge in [0.25, 0.3) is 5.91 Å². The highest BCUT2D eigenvalue weighted by Crippen LogP contribution is 2.26. The van der Waals surface area contributed by atoms with Gasteiger partial charge in [0.2, 0.25) is 5.95 Å². The molecule has 0 spiro atoms. The van der Waals surface area contributed by atoms with Crippen molar-refractivity contribution >= 4 is 29.2 Å². The van der Waals surface area contributed by atoms with E-state index in [1.54, 1.807) is 26.0 Å². The van der Waals surface area contributed by atoms with E-state index in [2.05, 4.69) is 54.4 Å². The standard InChI is InChI=1S/C26H30N8O/c1-16(2)30-24(35)20-14-29-25(31-19-9-8-17-10-11-28-13-18(17)12-19)34-23(20)33-22-7-5-6-21(32-22)26(3,4)15-27/h5-9,12,14,16,28H,10-11,13H2,1-4H3,(H,30,35)(H2,29,31,32,33,34). The normalized spacial score (nSPS) is 13.0. The summed E-state index contributed by atoms with van der Waals surface area (Å²) in [6.07, 6.45) is 2.51. The number of aromatic nitrogens is 3. The van der Waals surface area contributed by atoms with Gasteiger partial charge in [-0.3, -0.25) is 4.79 Å². The molecule has 0 bridgehead atoms. The molecule has 4 N–H and O–H groups in total. The maximum atomic E-state index is 12.8. The Labute approximate surface area is 205 Å². The molecule has 180 valence electrons. The molecule has 0 atom stereocenters. The fourth-order valence-electron chi connectivity index (χ4n) is 3.76. The fourth-order valence-corrected chi connectivity index (χ4v) is 3.76. The van der Waals surface area contributed by atoms with Crippen LogP contribution in [-0.4, -0.2) is 33.4 Å². The molecule has 0 radical (unpaired) electrons. The molecule has 1 aliphatic heterocycles. The molecule has 1 aromatic carbocycles. The van der Waals surface area contributed by atoms with E-state index in [4.69, 9.17) is 0 Å². The first-order valence-corrected chi connectivity index (χ1v) is 11.7. The topological polar surface area (TPSA) is 128 Å². The minimum Gasteiger partial charge on any atom is -0.350 e. The average molecular weight is 471 g/mol. The van der Waals surface area contributed by atoms with E-state index in [-0.39, 0.29) is 11.9 Å². The summed E-state index contributed by atoms with van der Waals surface area (Å²) in [5.41, 5.74) is 3.61. The van der Waals surface area contributed by atoms with E-state index in [0.29, 0.717) is 28.8 Å². The second-order valence-corrected chi connectivity index (χ2v) is 9.39. The first-order chi connectivity index (χ1) is 16.7. The van der Waals surface area contributed by atoms with Crippen LogP contribution in [-0.2, 0) is 18.4 Å². The Balaban J connectivity index is 1.66. The zero-order valence-electron chi connectivity index (χ0n) is 20.4. The molecule has 0 unspecified atom stereocenters. The predicted molar refractivity (Wildman–Crippen MR) is 136 cm³/mol. The summed E-state index contributed by atoms with van der Waals surface area (Å²) >= 11 is 0. The van der Waals surface area contributed by atoms with Gasteiger partial charge < -0.3 is 21.3 Å². The lowest BCUT2D eigenvalue weighted by Crippen LogP contribution is -2.31. The highest BCUT2D eigenvalue weighted by atomic mass is 16.1. The van der Waals surface area contributed by atoms with Crippen LogP contribution in [0, 0.1) is 11.3 Å². The van der Waals surface area contributed by atoms with Crippen LogP contribution < -0.4 is 21.3 Å². The Morgan fingerprint density at radius 2 is 1.97 bits per heavy atom. The molecule has 35 heavy (non-hydrogen) atoms. The molecule has 3 heterocycles. The maximum absolute atomic E-state index is 12.8. The molecule has 4 rings (SSSR count). The molecule has 9 heteroatoms. The predicted octanol–water partition coefficient (Wildman–Crippen LogP) is 3.94. The van der Waals surface area contributed by atoms with E-state index in [1.165, 1.54) is 17.3 Å². The van der Waals surface area contributed by atoms with E-state index in [0.717, 1.165) is 25.2 Å². The number of benzene rings is 1. The minimum atomic E-state index is -0.755. The summed E-state index contributed by atoms with van der Waals surface area (Å²) in [6.45, 7) is 9.21. The van der Waals surface area contributed by atoms with Crippen molar-refractivity contribution in [1.82, 2.24) is 25.6 Å². The summed E-state index contributed by atoms with van der Waals surface area (Å²) in [5, 5.41) is 22.2. The van der Waals surface area contributed by atoms with Gasteiger partial charge in [0.05, 0.1) is 17.2 Å². The fraction of sp³-hybridized carbons (Fsp3) is 0.346. The molecule has 0 saturated heterocycles. The highest BCUT2D eigenvalue weighted by molar-refractivity contribution is 5.99.